The zero-order chi connectivity index (χ0) is 53.5. The molecule has 74 heavy (non-hydrogen) atoms. The first-order valence-electron chi connectivity index (χ1n) is 24.3. The number of likely N-dealkylation sites (tertiary alicyclic amines) is 1. The van der Waals surface area contributed by atoms with E-state index in [1.165, 1.54) is 40.6 Å². The molecule has 1 unspecified atom stereocenters. The third-order valence-electron chi connectivity index (χ3n) is 13.6. The maximum absolute atomic E-state index is 14.3. The number of anilines is 2. The molecule has 23 heteroatoms. The number of sulfone groups is 1. The summed E-state index contributed by atoms with van der Waals surface area (Å²) >= 11 is 7.56. The van der Waals surface area contributed by atoms with E-state index in [0.29, 0.717) is 56.7 Å². The fourth-order valence-corrected chi connectivity index (χ4v) is 12.9. The first-order valence-corrected chi connectivity index (χ1v) is 30.4. The van der Waals surface area contributed by atoms with Crippen molar-refractivity contribution in [2.45, 2.75) is 78.6 Å². The van der Waals surface area contributed by atoms with Crippen molar-refractivity contribution in [3.8, 4) is 0 Å². The Morgan fingerprint density at radius 3 is 2.19 bits per heavy atom. The number of allylic oxidation sites excluding steroid dienone is 1. The Balaban J connectivity index is 0.999. The van der Waals surface area contributed by atoms with E-state index in [1.54, 1.807) is 12.1 Å². The summed E-state index contributed by atoms with van der Waals surface area (Å²) in [5.41, 5.74) is -1.33. The molecule has 2 heterocycles. The fourth-order valence-electron chi connectivity index (χ4n) is 9.44. The highest BCUT2D eigenvalue weighted by Crippen LogP contribution is 2.43. The molecule has 15 nitrogen and oxygen atoms in total. The van der Waals surface area contributed by atoms with Gasteiger partial charge in [-0.05, 0) is 135 Å². The summed E-state index contributed by atoms with van der Waals surface area (Å²) in [6.07, 6.45) is 3.58. The van der Waals surface area contributed by atoms with Crippen molar-refractivity contribution in [3.05, 3.63) is 119 Å². The SMILES string of the molecule is CC1(C)CCC(c2ccc(Cl)cc2)=C(CN2CCN(c3ccc(C(=O)NS(=O)(=O)c4ccc(NC(CCN5CCC(C(=O)OCCP(=O)(O)O)CC5)CSc5ccccc5)c(S(=O)(=O)C(F)(F)F)c4)cc3)CC2)C1. The number of esters is 1. The number of piperidine rings is 1. The number of carbonyl (C=O) groups is 2. The molecule has 4 aromatic rings. The summed E-state index contributed by atoms with van der Waals surface area (Å²) in [6, 6.07) is 25.1. The van der Waals surface area contributed by atoms with Gasteiger partial charge < -0.3 is 29.6 Å². The van der Waals surface area contributed by atoms with Crippen LogP contribution in [0, 0.1) is 11.3 Å². The van der Waals surface area contributed by atoms with E-state index < -0.39 is 85.0 Å². The standard InChI is InChI=1S/C51H62ClF3N5O10PS3/c1-50(2)22-18-45(36-8-12-40(52)13-9-36)39(33-50)34-59-26-28-60(29-27-59)42-14-10-37(11-15-42)48(61)57-74(68,69)44-16-17-46(47(32-44)73(66,67)51(53,54)55)56-41(35-72-43-6-4-3-5-7-43)21-25-58-23-19-38(20-24-58)49(62)70-30-31-71(63,64)65/h3-17,32,38,41,56H,18-31,33-35H2,1-2H3,(H,57,61)(H2,63,64,65). The lowest BCUT2D eigenvalue weighted by Crippen LogP contribution is -2.47. The topological polar surface area (TPSA) is 203 Å². The number of hydrogen-bond donors (Lipinski definition) is 4. The molecule has 2 saturated heterocycles. The molecule has 1 atom stereocenters. The second-order valence-corrected chi connectivity index (χ2v) is 26.6. The van der Waals surface area contributed by atoms with E-state index in [2.05, 4.69) is 41.1 Å². The summed E-state index contributed by atoms with van der Waals surface area (Å²) in [7, 11) is -15.4. The summed E-state index contributed by atoms with van der Waals surface area (Å²) in [5, 5.41) is 3.65. The van der Waals surface area contributed by atoms with Crippen molar-refractivity contribution in [2.75, 3.05) is 81.1 Å². The van der Waals surface area contributed by atoms with Crippen LogP contribution in [0.2, 0.25) is 5.02 Å². The summed E-state index contributed by atoms with van der Waals surface area (Å²) < 4.78 is 115. The monoisotopic (exact) mass is 1120 g/mol. The average Bonchev–Trinajstić information content (AvgIpc) is 3.35. The number of amides is 1. The lowest BCUT2D eigenvalue weighted by molar-refractivity contribution is -0.149. The van der Waals surface area contributed by atoms with E-state index >= 15 is 0 Å². The normalized spacial score (nSPS) is 18.0. The van der Waals surface area contributed by atoms with E-state index in [-0.39, 0.29) is 23.2 Å². The number of thioether (sulfide) groups is 1. The molecule has 0 aromatic heterocycles. The molecule has 0 saturated carbocycles. The van der Waals surface area contributed by atoms with E-state index in [1.807, 2.05) is 52.1 Å². The van der Waals surface area contributed by atoms with Gasteiger partial charge in [0.1, 0.15) is 11.5 Å². The average molecular weight is 1120 g/mol. The minimum atomic E-state index is -6.15. The van der Waals surface area contributed by atoms with Crippen LogP contribution < -0.4 is 14.9 Å². The Hall–Kier alpha value is -4.44. The van der Waals surface area contributed by atoms with Gasteiger partial charge in [-0.2, -0.15) is 13.2 Å². The first-order chi connectivity index (χ1) is 34.9. The van der Waals surface area contributed by atoms with E-state index in [9.17, 15) is 44.2 Å². The molecular formula is C51H62ClF3N5O10PS3. The number of piperazine rings is 1. The smallest absolute Gasteiger partial charge is 0.465 e. The number of ether oxygens (including phenoxy) is 1. The van der Waals surface area contributed by atoms with Crippen LogP contribution in [0.25, 0.3) is 5.57 Å². The van der Waals surface area contributed by atoms with Gasteiger partial charge in [-0.15, -0.1) is 11.8 Å². The number of alkyl halides is 3. The number of benzene rings is 4. The Bertz CT molecular complexity index is 2910. The first kappa shape index (κ1) is 57.3. The van der Waals surface area contributed by atoms with Gasteiger partial charge in [-0.25, -0.2) is 21.6 Å². The fraction of sp³-hybridized carbons (Fsp3) is 0.451. The van der Waals surface area contributed by atoms with Crippen molar-refractivity contribution in [1.82, 2.24) is 14.5 Å². The Morgan fingerprint density at radius 1 is 0.892 bits per heavy atom. The third kappa shape index (κ3) is 15.6. The molecule has 4 aromatic carbocycles. The highest BCUT2D eigenvalue weighted by atomic mass is 35.5. The molecule has 0 spiro atoms. The van der Waals surface area contributed by atoms with Crippen LogP contribution >= 0.6 is 31.0 Å². The van der Waals surface area contributed by atoms with Crippen molar-refractivity contribution < 1.29 is 58.7 Å². The molecule has 2 fully saturated rings. The van der Waals surface area contributed by atoms with Gasteiger partial charge in [0.05, 0.1) is 22.7 Å². The van der Waals surface area contributed by atoms with Gasteiger partial charge in [-0.3, -0.25) is 19.1 Å². The second-order valence-electron chi connectivity index (χ2n) is 19.7. The highest BCUT2D eigenvalue weighted by Gasteiger charge is 2.48. The molecule has 3 aliphatic rings. The molecule has 2 aliphatic heterocycles. The van der Waals surface area contributed by atoms with Crippen LogP contribution in [-0.2, 0) is 34.0 Å². The van der Waals surface area contributed by atoms with Crippen LogP contribution in [0.1, 0.15) is 68.3 Å². The number of rotatable bonds is 20. The van der Waals surface area contributed by atoms with Gasteiger partial charge >= 0.3 is 19.1 Å². The zero-order valence-corrected chi connectivity index (χ0v) is 45.2. The third-order valence-corrected chi connectivity index (χ3v) is 18.7. The lowest BCUT2D eigenvalue weighted by Gasteiger charge is -2.39. The predicted octanol–water partition coefficient (Wildman–Crippen LogP) is 8.93. The summed E-state index contributed by atoms with van der Waals surface area (Å²) in [5.74, 6) is -1.86. The van der Waals surface area contributed by atoms with Crippen molar-refractivity contribution in [3.63, 3.8) is 0 Å². The molecule has 402 valence electrons. The predicted molar refractivity (Wildman–Crippen MR) is 282 cm³/mol. The van der Waals surface area contributed by atoms with Gasteiger partial charge in [0.2, 0.25) is 0 Å². The second kappa shape index (κ2) is 24.3. The number of sulfonamides is 1. The number of hydrogen-bond acceptors (Lipinski definition) is 13. The molecule has 0 radical (unpaired) electrons. The van der Waals surface area contributed by atoms with Crippen LogP contribution in [0.15, 0.2) is 117 Å². The number of halogens is 4. The maximum Gasteiger partial charge on any atom is 0.501 e. The lowest BCUT2D eigenvalue weighted by atomic mass is 9.73. The Morgan fingerprint density at radius 2 is 1.55 bits per heavy atom. The molecular weight excluding hydrogens is 1060 g/mol. The van der Waals surface area contributed by atoms with Crippen molar-refractivity contribution in [2.24, 2.45) is 11.3 Å². The maximum atomic E-state index is 14.3. The van der Waals surface area contributed by atoms with Gasteiger partial charge in [0.15, 0.2) is 0 Å². The van der Waals surface area contributed by atoms with E-state index in [0.717, 1.165) is 61.6 Å². The largest absolute Gasteiger partial charge is 0.501 e. The summed E-state index contributed by atoms with van der Waals surface area (Å²) in [4.78, 5) is 49.3. The van der Waals surface area contributed by atoms with Gasteiger partial charge in [0, 0.05) is 72.2 Å². The van der Waals surface area contributed by atoms with Crippen LogP contribution in [0.5, 0.6) is 0 Å². The summed E-state index contributed by atoms with van der Waals surface area (Å²) in [6.45, 7) is 9.31. The van der Waals surface area contributed by atoms with Crippen LogP contribution in [0.4, 0.5) is 24.5 Å². The minimum absolute atomic E-state index is 0.0416. The van der Waals surface area contributed by atoms with Gasteiger partial charge in [0.25, 0.3) is 25.8 Å². The van der Waals surface area contributed by atoms with Crippen molar-refractivity contribution in [1.29, 1.82) is 0 Å². The molecule has 1 aliphatic carbocycles. The van der Waals surface area contributed by atoms with E-state index in [4.69, 9.17) is 26.1 Å². The Labute approximate surface area is 440 Å². The quantitative estimate of drug-likeness (QED) is 0.0371. The molecule has 0 bridgehead atoms. The van der Waals surface area contributed by atoms with Crippen LogP contribution in [-0.4, -0.2) is 131 Å². The molecule has 4 N–H and O–H groups in total. The zero-order valence-electron chi connectivity index (χ0n) is 41.1. The Kier molecular flexibility index (Phi) is 18.8. The minimum Gasteiger partial charge on any atom is -0.465 e. The molecule has 7 rings (SSSR count). The number of nitrogens with one attached hydrogen (secondary N) is 2. The van der Waals surface area contributed by atoms with Crippen molar-refractivity contribution >= 4 is 79.6 Å². The van der Waals surface area contributed by atoms with Crippen LogP contribution in [0.3, 0.4) is 0 Å². The number of nitrogens with zero attached hydrogens (tertiary/aromatic N) is 3. The highest BCUT2D eigenvalue weighted by molar-refractivity contribution is 7.99. The number of carbonyl (C=O) groups excluding carboxylic acids is 2. The molecule has 1 amide bonds. The van der Waals surface area contributed by atoms with Gasteiger partial charge in [-0.1, -0.05) is 61.4 Å².